The summed E-state index contributed by atoms with van der Waals surface area (Å²) in [6, 6.07) is 8.25. The van der Waals surface area contributed by atoms with E-state index >= 15 is 0 Å². The van der Waals surface area contributed by atoms with Crippen molar-refractivity contribution in [2.45, 2.75) is 6.92 Å². The molecule has 0 aliphatic heterocycles. The number of aryl methyl sites for hydroxylation is 1. The number of benzene rings is 1. The Hall–Kier alpha value is -3.09. The highest BCUT2D eigenvalue weighted by Gasteiger charge is 2.13. The molecule has 0 unspecified atom stereocenters. The molecule has 0 spiro atoms. The minimum atomic E-state index is -0.612. The van der Waals surface area contributed by atoms with Crippen LogP contribution in [0, 0.1) is 6.92 Å². The van der Waals surface area contributed by atoms with Gasteiger partial charge in [0.25, 0.3) is 5.91 Å². The summed E-state index contributed by atoms with van der Waals surface area (Å²) in [4.78, 5) is 27.8. The van der Waals surface area contributed by atoms with Gasteiger partial charge in [0.05, 0.1) is 25.5 Å². The Bertz CT molecular complexity index is 728. The highest BCUT2D eigenvalue weighted by atomic mass is 16.5. The molecule has 0 atom stereocenters. The molecule has 1 N–H and O–H groups in total. The number of nitrogens with zero attached hydrogens (tertiary/aromatic N) is 1. The van der Waals surface area contributed by atoms with E-state index in [9.17, 15) is 9.59 Å². The Balaban J connectivity index is 1.93. The van der Waals surface area contributed by atoms with Gasteiger partial charge in [-0.25, -0.2) is 4.79 Å². The van der Waals surface area contributed by atoms with Gasteiger partial charge in [-0.05, 0) is 31.2 Å². The predicted molar refractivity (Wildman–Crippen MR) is 87.4 cm³/mol. The molecule has 0 saturated carbocycles. The topological polar surface area (TPSA) is 86.8 Å². The number of esters is 1. The molecule has 2 aromatic rings. The van der Waals surface area contributed by atoms with Crippen LogP contribution in [-0.2, 0) is 9.53 Å². The van der Waals surface area contributed by atoms with Crippen molar-refractivity contribution in [2.24, 2.45) is 0 Å². The van der Waals surface area contributed by atoms with Crippen LogP contribution in [-0.4, -0.2) is 37.7 Å². The van der Waals surface area contributed by atoms with E-state index in [0.717, 1.165) is 5.69 Å². The zero-order valence-electron chi connectivity index (χ0n) is 13.7. The van der Waals surface area contributed by atoms with Gasteiger partial charge in [-0.3, -0.25) is 9.78 Å². The zero-order chi connectivity index (χ0) is 17.5. The molecule has 24 heavy (non-hydrogen) atoms. The lowest BCUT2D eigenvalue weighted by Crippen LogP contribution is -2.21. The molecule has 0 fully saturated rings. The van der Waals surface area contributed by atoms with Gasteiger partial charge in [-0.2, -0.15) is 0 Å². The van der Waals surface area contributed by atoms with E-state index in [4.69, 9.17) is 14.2 Å². The Morgan fingerprint density at radius 2 is 1.92 bits per heavy atom. The number of methoxy groups -OCH3 is 2. The van der Waals surface area contributed by atoms with Gasteiger partial charge in [-0.15, -0.1) is 0 Å². The van der Waals surface area contributed by atoms with Crippen LogP contribution in [0.5, 0.6) is 11.5 Å². The minimum Gasteiger partial charge on any atom is -0.497 e. The van der Waals surface area contributed by atoms with E-state index in [2.05, 4.69) is 10.3 Å². The SMILES string of the molecule is COc1ccc(NC(=O)COC(=O)c2ccc(C)nc2)c(OC)c1. The summed E-state index contributed by atoms with van der Waals surface area (Å²) in [6.07, 6.45) is 1.40. The molecule has 2 rings (SSSR count). The first-order valence-corrected chi connectivity index (χ1v) is 7.15. The first-order chi connectivity index (χ1) is 11.5. The maximum atomic E-state index is 11.9. The fourth-order valence-electron chi connectivity index (χ4n) is 1.89. The predicted octanol–water partition coefficient (Wildman–Crippen LogP) is 2.20. The van der Waals surface area contributed by atoms with Crippen molar-refractivity contribution in [2.75, 3.05) is 26.1 Å². The highest BCUT2D eigenvalue weighted by molar-refractivity contribution is 5.96. The Morgan fingerprint density at radius 3 is 2.54 bits per heavy atom. The molecule has 1 heterocycles. The zero-order valence-corrected chi connectivity index (χ0v) is 13.7. The average Bonchev–Trinajstić information content (AvgIpc) is 2.60. The van der Waals surface area contributed by atoms with Crippen molar-refractivity contribution in [1.82, 2.24) is 4.98 Å². The van der Waals surface area contributed by atoms with Crippen molar-refractivity contribution in [3.05, 3.63) is 47.8 Å². The monoisotopic (exact) mass is 330 g/mol. The molecule has 1 amide bonds. The third-order valence-corrected chi connectivity index (χ3v) is 3.16. The number of rotatable bonds is 6. The molecule has 7 heteroatoms. The molecule has 0 saturated heterocycles. The van der Waals surface area contributed by atoms with E-state index in [1.807, 2.05) is 6.92 Å². The van der Waals surface area contributed by atoms with Crippen LogP contribution in [0.4, 0.5) is 5.69 Å². The molecule has 1 aromatic heterocycles. The highest BCUT2D eigenvalue weighted by Crippen LogP contribution is 2.28. The number of ether oxygens (including phenoxy) is 3. The quantitative estimate of drug-likeness (QED) is 0.817. The van der Waals surface area contributed by atoms with Gasteiger partial charge >= 0.3 is 5.97 Å². The summed E-state index contributed by atoms with van der Waals surface area (Å²) >= 11 is 0. The summed E-state index contributed by atoms with van der Waals surface area (Å²) in [5.74, 6) is -0.0499. The Morgan fingerprint density at radius 1 is 1.12 bits per heavy atom. The van der Waals surface area contributed by atoms with Gasteiger partial charge < -0.3 is 19.5 Å². The first-order valence-electron chi connectivity index (χ1n) is 7.15. The minimum absolute atomic E-state index is 0.287. The van der Waals surface area contributed by atoms with Crippen LogP contribution in [0.3, 0.4) is 0 Å². The van der Waals surface area contributed by atoms with Gasteiger partial charge in [0.15, 0.2) is 6.61 Å². The number of anilines is 1. The first kappa shape index (κ1) is 17.3. The summed E-state index contributed by atoms with van der Waals surface area (Å²) < 4.78 is 15.2. The van der Waals surface area contributed by atoms with E-state index in [-0.39, 0.29) is 5.56 Å². The van der Waals surface area contributed by atoms with Gasteiger partial charge in [-0.1, -0.05) is 0 Å². The summed E-state index contributed by atoms with van der Waals surface area (Å²) in [5.41, 5.74) is 1.53. The van der Waals surface area contributed by atoms with Crippen LogP contribution in [0.1, 0.15) is 16.1 Å². The van der Waals surface area contributed by atoms with E-state index in [1.54, 1.807) is 30.3 Å². The normalized spacial score (nSPS) is 9.96. The number of hydrogen-bond donors (Lipinski definition) is 1. The van der Waals surface area contributed by atoms with Crippen LogP contribution in [0.25, 0.3) is 0 Å². The molecular formula is C17H18N2O5. The Kier molecular flexibility index (Phi) is 5.73. The van der Waals surface area contributed by atoms with E-state index in [0.29, 0.717) is 17.2 Å². The fourth-order valence-corrected chi connectivity index (χ4v) is 1.89. The molecule has 7 nitrogen and oxygen atoms in total. The summed E-state index contributed by atoms with van der Waals surface area (Å²) in [5, 5.41) is 2.62. The number of carbonyl (C=O) groups is 2. The molecule has 0 bridgehead atoms. The summed E-state index contributed by atoms with van der Waals surface area (Å²) in [6.45, 7) is 1.40. The maximum absolute atomic E-state index is 11.9. The van der Waals surface area contributed by atoms with Crippen molar-refractivity contribution in [3.8, 4) is 11.5 Å². The average molecular weight is 330 g/mol. The third kappa shape index (κ3) is 4.45. The number of aromatic nitrogens is 1. The largest absolute Gasteiger partial charge is 0.497 e. The number of nitrogens with one attached hydrogen (secondary N) is 1. The van der Waals surface area contributed by atoms with Gasteiger partial charge in [0.1, 0.15) is 11.5 Å². The van der Waals surface area contributed by atoms with Crippen molar-refractivity contribution >= 4 is 17.6 Å². The standard InChI is InChI=1S/C17H18N2O5/c1-11-4-5-12(9-18-11)17(21)24-10-16(20)19-14-7-6-13(22-2)8-15(14)23-3/h4-9H,10H2,1-3H3,(H,19,20). The second kappa shape index (κ2) is 7.96. The van der Waals surface area contributed by atoms with E-state index < -0.39 is 18.5 Å². The smallest absolute Gasteiger partial charge is 0.340 e. The van der Waals surface area contributed by atoms with Crippen molar-refractivity contribution in [1.29, 1.82) is 0 Å². The molecule has 0 radical (unpaired) electrons. The molecule has 126 valence electrons. The van der Waals surface area contributed by atoms with Crippen LogP contribution >= 0.6 is 0 Å². The fraction of sp³-hybridized carbons (Fsp3) is 0.235. The van der Waals surface area contributed by atoms with Gasteiger partial charge in [0.2, 0.25) is 0 Å². The lowest BCUT2D eigenvalue weighted by atomic mass is 10.2. The van der Waals surface area contributed by atoms with E-state index in [1.165, 1.54) is 20.4 Å². The number of hydrogen-bond acceptors (Lipinski definition) is 6. The molecule has 1 aromatic carbocycles. The lowest BCUT2D eigenvalue weighted by molar-refractivity contribution is -0.119. The Labute approximate surface area is 139 Å². The van der Waals surface area contributed by atoms with Crippen molar-refractivity contribution < 1.29 is 23.8 Å². The van der Waals surface area contributed by atoms with Crippen LogP contribution in [0.2, 0.25) is 0 Å². The molecule has 0 aliphatic carbocycles. The summed E-state index contributed by atoms with van der Waals surface area (Å²) in [7, 11) is 3.02. The lowest BCUT2D eigenvalue weighted by Gasteiger charge is -2.11. The number of carbonyl (C=O) groups excluding carboxylic acids is 2. The second-order valence-electron chi connectivity index (χ2n) is 4.88. The second-order valence-corrected chi connectivity index (χ2v) is 4.88. The number of pyridine rings is 1. The maximum Gasteiger partial charge on any atom is 0.340 e. The van der Waals surface area contributed by atoms with Crippen LogP contribution < -0.4 is 14.8 Å². The van der Waals surface area contributed by atoms with Crippen LogP contribution in [0.15, 0.2) is 36.5 Å². The van der Waals surface area contributed by atoms with Crippen molar-refractivity contribution in [3.63, 3.8) is 0 Å². The molecular weight excluding hydrogens is 312 g/mol. The third-order valence-electron chi connectivity index (χ3n) is 3.16. The van der Waals surface area contributed by atoms with Gasteiger partial charge in [0, 0.05) is 18.0 Å². The number of amides is 1. The molecule has 0 aliphatic rings.